The molecule has 13 heavy (non-hydrogen) atoms. The third-order valence-electron chi connectivity index (χ3n) is 1.64. The number of ether oxygens (including phenoxy) is 2. The van der Waals surface area contributed by atoms with Crippen molar-refractivity contribution < 1.29 is 9.47 Å². The number of nitrogens with two attached hydrogens (primary N) is 1. The average Bonchev–Trinajstić information content (AvgIpc) is 1.97. The van der Waals surface area contributed by atoms with Crippen LogP contribution in [0.2, 0.25) is 0 Å². The van der Waals surface area contributed by atoms with Crippen LogP contribution in [0.1, 0.15) is 33.6 Å². The van der Waals surface area contributed by atoms with Crippen molar-refractivity contribution in [3.63, 3.8) is 0 Å². The summed E-state index contributed by atoms with van der Waals surface area (Å²) in [4.78, 5) is 0. The third kappa shape index (κ3) is 9.80. The molecule has 0 aromatic rings. The molecule has 0 bridgehead atoms. The van der Waals surface area contributed by atoms with Crippen molar-refractivity contribution in [2.75, 3.05) is 20.3 Å². The van der Waals surface area contributed by atoms with E-state index in [1.165, 1.54) is 0 Å². The van der Waals surface area contributed by atoms with E-state index in [4.69, 9.17) is 15.2 Å². The fourth-order valence-electron chi connectivity index (χ4n) is 1.02. The highest BCUT2D eigenvalue weighted by molar-refractivity contribution is 4.62. The molecule has 1 unspecified atom stereocenters. The Morgan fingerprint density at radius 1 is 1.31 bits per heavy atom. The molecular formula is C10H23NO2. The van der Waals surface area contributed by atoms with Crippen LogP contribution in [0.15, 0.2) is 0 Å². The van der Waals surface area contributed by atoms with Gasteiger partial charge in [0.15, 0.2) is 0 Å². The largest absolute Gasteiger partial charge is 0.383 e. The van der Waals surface area contributed by atoms with Gasteiger partial charge in [-0.3, -0.25) is 0 Å². The molecule has 3 nitrogen and oxygen atoms in total. The van der Waals surface area contributed by atoms with Gasteiger partial charge in [-0.25, -0.2) is 0 Å². The van der Waals surface area contributed by atoms with Crippen molar-refractivity contribution in [3.05, 3.63) is 0 Å². The van der Waals surface area contributed by atoms with Crippen LogP contribution in [0.25, 0.3) is 0 Å². The summed E-state index contributed by atoms with van der Waals surface area (Å²) >= 11 is 0. The molecule has 0 aliphatic carbocycles. The predicted octanol–water partition coefficient (Wildman–Crippen LogP) is 1.56. The molecule has 0 rings (SSSR count). The zero-order valence-corrected chi connectivity index (χ0v) is 9.30. The normalized spacial score (nSPS) is 14.5. The fraction of sp³-hybridized carbons (Fsp3) is 1.00. The summed E-state index contributed by atoms with van der Waals surface area (Å²) in [6.07, 6.45) is 1.96. The van der Waals surface area contributed by atoms with Crippen molar-refractivity contribution in [3.8, 4) is 0 Å². The highest BCUT2D eigenvalue weighted by Crippen LogP contribution is 2.08. The lowest BCUT2D eigenvalue weighted by Gasteiger charge is -2.20. The zero-order chi connectivity index (χ0) is 10.3. The first-order valence-corrected chi connectivity index (χ1v) is 4.84. The first-order valence-electron chi connectivity index (χ1n) is 4.84. The summed E-state index contributed by atoms with van der Waals surface area (Å²) in [5.74, 6) is 0. The van der Waals surface area contributed by atoms with Crippen molar-refractivity contribution in [2.45, 2.75) is 45.3 Å². The minimum Gasteiger partial charge on any atom is -0.383 e. The lowest BCUT2D eigenvalue weighted by atomic mass is 10.1. The van der Waals surface area contributed by atoms with Crippen LogP contribution in [-0.2, 0) is 9.47 Å². The number of hydrogen-bond acceptors (Lipinski definition) is 3. The van der Waals surface area contributed by atoms with E-state index in [0.29, 0.717) is 6.61 Å². The SMILES string of the molecule is COCC(N)CCCOC(C)(C)C. The molecule has 0 saturated carbocycles. The van der Waals surface area contributed by atoms with Gasteiger partial charge < -0.3 is 15.2 Å². The molecule has 3 heteroatoms. The minimum atomic E-state index is -0.0364. The Hall–Kier alpha value is -0.120. The maximum atomic E-state index is 5.75. The molecule has 0 heterocycles. The molecule has 0 aliphatic rings. The third-order valence-corrected chi connectivity index (χ3v) is 1.64. The topological polar surface area (TPSA) is 44.5 Å². The highest BCUT2D eigenvalue weighted by atomic mass is 16.5. The Morgan fingerprint density at radius 2 is 1.92 bits per heavy atom. The molecule has 0 saturated heterocycles. The van der Waals surface area contributed by atoms with Gasteiger partial charge in [0.05, 0.1) is 12.2 Å². The molecule has 0 aliphatic heterocycles. The quantitative estimate of drug-likeness (QED) is 0.645. The summed E-state index contributed by atoms with van der Waals surface area (Å²) in [7, 11) is 1.67. The van der Waals surface area contributed by atoms with Crippen LogP contribution in [0, 0.1) is 0 Å². The first-order chi connectivity index (χ1) is 5.95. The van der Waals surface area contributed by atoms with Crippen LogP contribution in [0.5, 0.6) is 0 Å². The monoisotopic (exact) mass is 189 g/mol. The van der Waals surface area contributed by atoms with Crippen LogP contribution in [0.3, 0.4) is 0 Å². The van der Waals surface area contributed by atoms with Crippen LogP contribution in [0.4, 0.5) is 0 Å². The van der Waals surface area contributed by atoms with E-state index in [9.17, 15) is 0 Å². The molecule has 80 valence electrons. The lowest BCUT2D eigenvalue weighted by Crippen LogP contribution is -2.26. The van der Waals surface area contributed by atoms with Crippen LogP contribution >= 0.6 is 0 Å². The Labute approximate surface area is 81.6 Å². The van der Waals surface area contributed by atoms with Crippen LogP contribution < -0.4 is 5.73 Å². The van der Waals surface area contributed by atoms with Crippen molar-refractivity contribution in [2.24, 2.45) is 5.73 Å². The second-order valence-corrected chi connectivity index (χ2v) is 4.32. The van der Waals surface area contributed by atoms with Gasteiger partial charge in [-0.05, 0) is 33.6 Å². The van der Waals surface area contributed by atoms with Gasteiger partial charge in [0, 0.05) is 19.8 Å². The maximum Gasteiger partial charge on any atom is 0.0613 e. The van der Waals surface area contributed by atoms with Gasteiger partial charge in [-0.1, -0.05) is 0 Å². The fourth-order valence-corrected chi connectivity index (χ4v) is 1.02. The number of methoxy groups -OCH3 is 1. The predicted molar refractivity (Wildman–Crippen MR) is 54.8 cm³/mol. The lowest BCUT2D eigenvalue weighted by molar-refractivity contribution is -0.00570. The van der Waals surface area contributed by atoms with Gasteiger partial charge in [0.25, 0.3) is 0 Å². The summed E-state index contributed by atoms with van der Waals surface area (Å²) in [5, 5.41) is 0. The standard InChI is InChI=1S/C10H23NO2/c1-10(2,3)13-7-5-6-9(11)8-12-4/h9H,5-8,11H2,1-4H3. The summed E-state index contributed by atoms with van der Waals surface area (Å²) in [6.45, 7) is 7.59. The van der Waals surface area contributed by atoms with Gasteiger partial charge >= 0.3 is 0 Å². The van der Waals surface area contributed by atoms with Crippen molar-refractivity contribution in [1.82, 2.24) is 0 Å². The molecule has 0 aromatic heterocycles. The van der Waals surface area contributed by atoms with Crippen LogP contribution in [-0.4, -0.2) is 32.0 Å². The smallest absolute Gasteiger partial charge is 0.0613 e. The van der Waals surface area contributed by atoms with Gasteiger partial charge in [-0.15, -0.1) is 0 Å². The molecule has 0 radical (unpaired) electrons. The second kappa shape index (κ2) is 6.35. The van der Waals surface area contributed by atoms with Crippen molar-refractivity contribution >= 4 is 0 Å². The summed E-state index contributed by atoms with van der Waals surface area (Å²) in [6, 6.07) is 0.147. The average molecular weight is 189 g/mol. The van der Waals surface area contributed by atoms with Gasteiger partial charge in [-0.2, -0.15) is 0 Å². The molecule has 2 N–H and O–H groups in total. The molecule has 0 fully saturated rings. The van der Waals surface area contributed by atoms with Gasteiger partial charge in [0.2, 0.25) is 0 Å². The Kier molecular flexibility index (Phi) is 6.29. The highest BCUT2D eigenvalue weighted by Gasteiger charge is 2.09. The molecule has 1 atom stereocenters. The number of hydrogen-bond donors (Lipinski definition) is 1. The first kappa shape index (κ1) is 12.9. The molecular weight excluding hydrogens is 166 g/mol. The van der Waals surface area contributed by atoms with E-state index in [0.717, 1.165) is 19.4 Å². The van der Waals surface area contributed by atoms with Gasteiger partial charge in [0.1, 0.15) is 0 Å². The minimum absolute atomic E-state index is 0.0364. The van der Waals surface area contributed by atoms with E-state index < -0.39 is 0 Å². The van der Waals surface area contributed by atoms with E-state index >= 15 is 0 Å². The molecule has 0 amide bonds. The number of rotatable bonds is 6. The summed E-state index contributed by atoms with van der Waals surface area (Å²) < 4.78 is 10.5. The Bertz CT molecular complexity index is 121. The van der Waals surface area contributed by atoms with Crippen molar-refractivity contribution in [1.29, 1.82) is 0 Å². The van der Waals surface area contributed by atoms with E-state index in [1.54, 1.807) is 7.11 Å². The van der Waals surface area contributed by atoms with E-state index in [-0.39, 0.29) is 11.6 Å². The Balaban J connectivity index is 3.25. The summed E-state index contributed by atoms with van der Waals surface area (Å²) in [5.41, 5.74) is 5.72. The maximum absolute atomic E-state index is 5.75. The van der Waals surface area contributed by atoms with E-state index in [1.807, 2.05) is 0 Å². The second-order valence-electron chi connectivity index (χ2n) is 4.32. The van der Waals surface area contributed by atoms with E-state index in [2.05, 4.69) is 20.8 Å². The Morgan fingerprint density at radius 3 is 2.38 bits per heavy atom. The molecule has 0 spiro atoms. The molecule has 0 aromatic carbocycles. The zero-order valence-electron chi connectivity index (χ0n) is 9.30.